The van der Waals surface area contributed by atoms with Crippen LogP contribution < -0.4 is 11.5 Å². The molecule has 0 spiro atoms. The molecule has 0 aliphatic carbocycles. The van der Waals surface area contributed by atoms with Gasteiger partial charge in [0, 0.05) is 11.6 Å². The molecule has 0 heterocycles. The van der Waals surface area contributed by atoms with Crippen LogP contribution >= 0.6 is 12.4 Å². The van der Waals surface area contributed by atoms with Gasteiger partial charge in [-0.2, -0.15) is 0 Å². The van der Waals surface area contributed by atoms with Crippen molar-refractivity contribution in [3.05, 3.63) is 11.6 Å². The van der Waals surface area contributed by atoms with Gasteiger partial charge in [-0.15, -0.1) is 12.4 Å². The zero-order valence-corrected chi connectivity index (χ0v) is 6.94. The molecule has 0 aliphatic heterocycles. The summed E-state index contributed by atoms with van der Waals surface area (Å²) in [5.41, 5.74) is 10.8. The van der Waals surface area contributed by atoms with Crippen LogP contribution in [0.3, 0.4) is 0 Å². The minimum atomic E-state index is -0.410. The maximum absolute atomic E-state index is 10.3. The predicted octanol–water partition coefficient (Wildman–Crippen LogP) is 0.187. The zero-order chi connectivity index (χ0) is 7.44. The molecule has 0 saturated carbocycles. The highest BCUT2D eigenvalue weighted by atomic mass is 35.5. The van der Waals surface area contributed by atoms with Gasteiger partial charge in [0.15, 0.2) is 0 Å². The second-order valence-corrected chi connectivity index (χ2v) is 2.07. The fourth-order valence-corrected chi connectivity index (χ4v) is 0.476. The molecule has 10 heavy (non-hydrogen) atoms. The molecule has 0 aromatic rings. The number of carbonyl (C=O) groups is 1. The molecule has 4 heteroatoms. The van der Waals surface area contributed by atoms with Gasteiger partial charge in [-0.25, -0.2) is 0 Å². The summed E-state index contributed by atoms with van der Waals surface area (Å²) in [7, 11) is 0. The Morgan fingerprint density at radius 1 is 1.60 bits per heavy atom. The van der Waals surface area contributed by atoms with Crippen molar-refractivity contribution in [1.29, 1.82) is 0 Å². The average Bonchev–Trinajstić information content (AvgIpc) is 1.63. The molecule has 1 amide bonds. The van der Waals surface area contributed by atoms with Gasteiger partial charge in [0.1, 0.15) is 0 Å². The van der Waals surface area contributed by atoms with E-state index in [-0.39, 0.29) is 18.4 Å². The summed E-state index contributed by atoms with van der Waals surface area (Å²) in [4.78, 5) is 10.3. The molecule has 60 valence electrons. The van der Waals surface area contributed by atoms with Crippen LogP contribution in [-0.2, 0) is 4.79 Å². The first-order valence-corrected chi connectivity index (χ1v) is 2.78. The van der Waals surface area contributed by atoms with E-state index in [4.69, 9.17) is 11.5 Å². The standard InChI is InChI=1S/C6H12N2O.ClH/c1-4(6(8)9)3-5(2)7;/h3,5H,7H2,1-2H3,(H2,8,9);1H. The number of hydrogen-bond acceptors (Lipinski definition) is 2. The third kappa shape index (κ3) is 5.59. The second kappa shape index (κ2) is 5.26. The van der Waals surface area contributed by atoms with E-state index in [0.717, 1.165) is 0 Å². The topological polar surface area (TPSA) is 69.1 Å². The Morgan fingerprint density at radius 3 is 2.10 bits per heavy atom. The van der Waals surface area contributed by atoms with Crippen molar-refractivity contribution < 1.29 is 4.79 Å². The summed E-state index contributed by atoms with van der Waals surface area (Å²) in [6, 6.07) is -0.0995. The highest BCUT2D eigenvalue weighted by molar-refractivity contribution is 5.91. The molecule has 0 bridgehead atoms. The SMILES string of the molecule is CC(=CC(C)N)C(N)=O.Cl. The van der Waals surface area contributed by atoms with E-state index in [1.54, 1.807) is 19.9 Å². The van der Waals surface area contributed by atoms with Gasteiger partial charge < -0.3 is 11.5 Å². The number of hydrogen-bond donors (Lipinski definition) is 2. The van der Waals surface area contributed by atoms with Crippen molar-refractivity contribution in [3.63, 3.8) is 0 Å². The fraction of sp³-hybridized carbons (Fsp3) is 0.500. The average molecular weight is 165 g/mol. The Hall–Kier alpha value is -0.540. The molecule has 0 aromatic heterocycles. The number of carbonyl (C=O) groups excluding carboxylic acids is 1. The molecular weight excluding hydrogens is 152 g/mol. The van der Waals surface area contributed by atoms with E-state index in [0.29, 0.717) is 5.57 Å². The van der Waals surface area contributed by atoms with Crippen LogP contribution in [0.5, 0.6) is 0 Å². The molecule has 0 radical (unpaired) electrons. The molecule has 0 fully saturated rings. The summed E-state index contributed by atoms with van der Waals surface area (Å²) < 4.78 is 0. The highest BCUT2D eigenvalue weighted by Crippen LogP contribution is 1.91. The maximum atomic E-state index is 10.3. The minimum Gasteiger partial charge on any atom is -0.366 e. The van der Waals surface area contributed by atoms with Crippen LogP contribution in [0.1, 0.15) is 13.8 Å². The highest BCUT2D eigenvalue weighted by Gasteiger charge is 1.96. The van der Waals surface area contributed by atoms with Crippen molar-refractivity contribution in [2.24, 2.45) is 11.5 Å². The molecule has 1 atom stereocenters. The number of nitrogens with two attached hydrogens (primary N) is 2. The Labute approximate surface area is 66.9 Å². The minimum absolute atomic E-state index is 0. The monoisotopic (exact) mass is 164 g/mol. The van der Waals surface area contributed by atoms with Gasteiger partial charge in [0.2, 0.25) is 5.91 Å². The Bertz CT molecular complexity index is 143. The zero-order valence-electron chi connectivity index (χ0n) is 6.13. The van der Waals surface area contributed by atoms with Crippen molar-refractivity contribution in [3.8, 4) is 0 Å². The summed E-state index contributed by atoms with van der Waals surface area (Å²) in [6.07, 6.45) is 1.63. The van der Waals surface area contributed by atoms with Crippen LogP contribution in [0.25, 0.3) is 0 Å². The summed E-state index contributed by atoms with van der Waals surface area (Å²) >= 11 is 0. The molecule has 4 N–H and O–H groups in total. The van der Waals surface area contributed by atoms with Crippen LogP contribution in [0, 0.1) is 0 Å². The maximum Gasteiger partial charge on any atom is 0.244 e. The van der Waals surface area contributed by atoms with Crippen molar-refractivity contribution >= 4 is 18.3 Å². The van der Waals surface area contributed by atoms with Gasteiger partial charge in [-0.1, -0.05) is 6.08 Å². The Balaban J connectivity index is 0. The predicted molar refractivity (Wildman–Crippen MR) is 43.8 cm³/mol. The van der Waals surface area contributed by atoms with E-state index in [9.17, 15) is 4.79 Å². The second-order valence-electron chi connectivity index (χ2n) is 2.07. The van der Waals surface area contributed by atoms with E-state index < -0.39 is 5.91 Å². The molecule has 0 rings (SSSR count). The van der Waals surface area contributed by atoms with Crippen LogP contribution in [0.15, 0.2) is 11.6 Å². The Kier molecular flexibility index (Phi) is 6.40. The van der Waals surface area contributed by atoms with Gasteiger partial charge >= 0.3 is 0 Å². The largest absolute Gasteiger partial charge is 0.366 e. The third-order valence-electron chi connectivity index (χ3n) is 0.902. The molecular formula is C6H13ClN2O. The van der Waals surface area contributed by atoms with E-state index >= 15 is 0 Å². The molecule has 0 saturated heterocycles. The van der Waals surface area contributed by atoms with Gasteiger partial charge in [0.25, 0.3) is 0 Å². The molecule has 1 unspecified atom stereocenters. The molecule has 3 nitrogen and oxygen atoms in total. The number of halogens is 1. The summed E-state index contributed by atoms with van der Waals surface area (Å²) in [6.45, 7) is 3.43. The number of primary amides is 1. The van der Waals surface area contributed by atoms with Gasteiger partial charge in [0.05, 0.1) is 0 Å². The summed E-state index contributed by atoms with van der Waals surface area (Å²) in [5.74, 6) is -0.410. The first-order valence-electron chi connectivity index (χ1n) is 2.78. The normalized spacial score (nSPS) is 13.7. The number of rotatable bonds is 2. The van der Waals surface area contributed by atoms with Gasteiger partial charge in [-0.3, -0.25) is 4.79 Å². The number of amides is 1. The molecule has 0 aliphatic rings. The Morgan fingerprint density at radius 2 is 2.00 bits per heavy atom. The van der Waals surface area contributed by atoms with Crippen molar-refractivity contribution in [2.75, 3.05) is 0 Å². The lowest BCUT2D eigenvalue weighted by Crippen LogP contribution is -2.17. The molecule has 0 aromatic carbocycles. The lowest BCUT2D eigenvalue weighted by atomic mass is 10.2. The van der Waals surface area contributed by atoms with E-state index in [2.05, 4.69) is 0 Å². The van der Waals surface area contributed by atoms with E-state index in [1.807, 2.05) is 0 Å². The lowest BCUT2D eigenvalue weighted by Gasteiger charge is -1.96. The van der Waals surface area contributed by atoms with Gasteiger partial charge in [-0.05, 0) is 13.8 Å². The van der Waals surface area contributed by atoms with E-state index in [1.165, 1.54) is 0 Å². The third-order valence-corrected chi connectivity index (χ3v) is 0.902. The smallest absolute Gasteiger partial charge is 0.244 e. The quantitative estimate of drug-likeness (QED) is 0.572. The van der Waals surface area contributed by atoms with Crippen LogP contribution in [0.2, 0.25) is 0 Å². The first kappa shape index (κ1) is 12.2. The van der Waals surface area contributed by atoms with Crippen LogP contribution in [0.4, 0.5) is 0 Å². The van der Waals surface area contributed by atoms with Crippen LogP contribution in [-0.4, -0.2) is 11.9 Å². The summed E-state index contributed by atoms with van der Waals surface area (Å²) in [5, 5.41) is 0. The van der Waals surface area contributed by atoms with Crippen molar-refractivity contribution in [1.82, 2.24) is 0 Å². The lowest BCUT2D eigenvalue weighted by molar-refractivity contribution is -0.114. The fourth-order valence-electron chi connectivity index (χ4n) is 0.476. The van der Waals surface area contributed by atoms with Crippen molar-refractivity contribution in [2.45, 2.75) is 19.9 Å². The first-order chi connectivity index (χ1) is 4.04.